The Morgan fingerprint density at radius 2 is 1.94 bits per heavy atom. The summed E-state index contributed by atoms with van der Waals surface area (Å²) in [6.45, 7) is 4.23. The molecular formula is C23H20FN3O4S. The van der Waals surface area contributed by atoms with Crippen molar-refractivity contribution in [3.8, 4) is 5.75 Å². The number of amides is 1. The Hall–Kier alpha value is -3.59. The van der Waals surface area contributed by atoms with Crippen molar-refractivity contribution in [3.05, 3.63) is 76.1 Å². The minimum absolute atomic E-state index is 0.109. The molecule has 1 N–H and O–H groups in total. The highest BCUT2D eigenvalue weighted by molar-refractivity contribution is 7.15. The van der Waals surface area contributed by atoms with Gasteiger partial charge in [0.05, 0.1) is 18.2 Å². The fourth-order valence-electron chi connectivity index (χ4n) is 3.49. The summed E-state index contributed by atoms with van der Waals surface area (Å²) in [5.41, 5.74) is 0.678. The lowest BCUT2D eigenvalue weighted by atomic mass is 9.95. The fraction of sp³-hybridized carbons (Fsp3) is 0.217. The van der Waals surface area contributed by atoms with Crippen LogP contribution in [0.25, 0.3) is 5.76 Å². The van der Waals surface area contributed by atoms with Gasteiger partial charge < -0.3 is 9.84 Å². The van der Waals surface area contributed by atoms with Crippen LogP contribution in [0.2, 0.25) is 0 Å². The van der Waals surface area contributed by atoms with E-state index in [1.54, 1.807) is 31.2 Å². The van der Waals surface area contributed by atoms with Crippen LogP contribution in [0.5, 0.6) is 5.75 Å². The predicted octanol–water partition coefficient (Wildman–Crippen LogP) is 4.40. The van der Waals surface area contributed by atoms with Gasteiger partial charge in [-0.2, -0.15) is 0 Å². The summed E-state index contributed by atoms with van der Waals surface area (Å²) in [6.07, 6.45) is 0.817. The molecule has 0 radical (unpaired) electrons. The number of carbonyl (C=O) groups is 2. The van der Waals surface area contributed by atoms with Crippen LogP contribution in [0.1, 0.15) is 35.5 Å². The third kappa shape index (κ3) is 3.99. The monoisotopic (exact) mass is 453 g/mol. The number of aliphatic hydroxyl groups is 1. The van der Waals surface area contributed by atoms with Gasteiger partial charge in [0.2, 0.25) is 5.13 Å². The standard InChI is InChI=1S/C23H20FN3O4S/c1-3-11-31-17-6-4-5-15(12-17)19-18(20(28)14-7-9-16(24)10-8-14)21(29)22(30)27(19)23-26-25-13(2)32-23/h4-10,12,19,28H,3,11H2,1-2H3. The lowest BCUT2D eigenvalue weighted by molar-refractivity contribution is -0.132. The molecular weight excluding hydrogens is 433 g/mol. The number of hydrogen-bond donors (Lipinski definition) is 1. The molecule has 0 saturated carbocycles. The van der Waals surface area contributed by atoms with Gasteiger partial charge in [0, 0.05) is 5.56 Å². The van der Waals surface area contributed by atoms with E-state index < -0.39 is 29.3 Å². The van der Waals surface area contributed by atoms with Gasteiger partial charge in [0.25, 0.3) is 5.78 Å². The number of halogens is 1. The van der Waals surface area contributed by atoms with Crippen molar-refractivity contribution in [2.45, 2.75) is 26.3 Å². The van der Waals surface area contributed by atoms with Crippen molar-refractivity contribution < 1.29 is 23.8 Å². The third-order valence-corrected chi connectivity index (χ3v) is 5.77. The molecule has 4 rings (SSSR count). The molecule has 1 saturated heterocycles. The number of hydrogen-bond acceptors (Lipinski definition) is 7. The van der Waals surface area contributed by atoms with Crippen LogP contribution >= 0.6 is 11.3 Å². The minimum Gasteiger partial charge on any atom is -0.507 e. The normalized spacial score (nSPS) is 17.7. The largest absolute Gasteiger partial charge is 0.507 e. The van der Waals surface area contributed by atoms with Crippen molar-refractivity contribution in [1.29, 1.82) is 0 Å². The summed E-state index contributed by atoms with van der Waals surface area (Å²) in [5.74, 6) is -1.98. The van der Waals surface area contributed by atoms with E-state index in [1.807, 2.05) is 6.92 Å². The van der Waals surface area contributed by atoms with Crippen LogP contribution < -0.4 is 9.64 Å². The number of ketones is 1. The zero-order chi connectivity index (χ0) is 22.8. The summed E-state index contributed by atoms with van der Waals surface area (Å²) < 4.78 is 19.1. The number of benzene rings is 2. The highest BCUT2D eigenvalue weighted by Crippen LogP contribution is 2.43. The van der Waals surface area contributed by atoms with Crippen molar-refractivity contribution in [2.75, 3.05) is 11.5 Å². The molecule has 1 aliphatic rings. The predicted molar refractivity (Wildman–Crippen MR) is 118 cm³/mol. The molecule has 2 aromatic carbocycles. The Bertz CT molecular complexity index is 1210. The highest BCUT2D eigenvalue weighted by atomic mass is 32.1. The molecule has 9 heteroatoms. The van der Waals surface area contributed by atoms with Gasteiger partial charge in [-0.25, -0.2) is 4.39 Å². The number of ether oxygens (including phenoxy) is 1. The van der Waals surface area contributed by atoms with Crippen LogP contribution in [0, 0.1) is 12.7 Å². The molecule has 32 heavy (non-hydrogen) atoms. The van der Waals surface area contributed by atoms with Gasteiger partial charge in [-0.15, -0.1) is 10.2 Å². The first-order valence-electron chi connectivity index (χ1n) is 10.0. The molecule has 0 bridgehead atoms. The van der Waals surface area contributed by atoms with Gasteiger partial charge in [-0.1, -0.05) is 30.4 Å². The molecule has 1 aliphatic heterocycles. The molecule has 2 heterocycles. The maximum atomic E-state index is 13.4. The average molecular weight is 453 g/mol. The van der Waals surface area contributed by atoms with E-state index in [9.17, 15) is 19.1 Å². The van der Waals surface area contributed by atoms with Crippen molar-refractivity contribution >= 4 is 33.9 Å². The molecule has 3 aromatic rings. The minimum atomic E-state index is -0.947. The zero-order valence-electron chi connectivity index (χ0n) is 17.4. The van der Waals surface area contributed by atoms with Gasteiger partial charge in [0.1, 0.15) is 22.3 Å². The SMILES string of the molecule is CCCOc1cccc(C2C(=C(O)c3ccc(F)cc3)C(=O)C(=O)N2c2nnc(C)s2)c1. The Labute approximate surface area is 187 Å². The molecule has 7 nitrogen and oxygen atoms in total. The zero-order valence-corrected chi connectivity index (χ0v) is 18.2. The van der Waals surface area contributed by atoms with Crippen LogP contribution in [-0.2, 0) is 9.59 Å². The van der Waals surface area contributed by atoms with Crippen LogP contribution in [0.4, 0.5) is 9.52 Å². The summed E-state index contributed by atoms with van der Waals surface area (Å²) in [7, 11) is 0. The summed E-state index contributed by atoms with van der Waals surface area (Å²) in [6, 6.07) is 11.1. The number of aliphatic hydroxyl groups excluding tert-OH is 1. The maximum Gasteiger partial charge on any atom is 0.301 e. The fourth-order valence-corrected chi connectivity index (χ4v) is 4.20. The van der Waals surface area contributed by atoms with Crippen LogP contribution in [-0.4, -0.2) is 33.6 Å². The maximum absolute atomic E-state index is 13.4. The van der Waals surface area contributed by atoms with Crippen LogP contribution in [0.15, 0.2) is 54.1 Å². The number of Topliss-reactive ketones (excluding diaryl/α,β-unsaturated/α-hetero) is 1. The molecule has 0 spiro atoms. The summed E-state index contributed by atoms with van der Waals surface area (Å²) in [5, 5.41) is 19.9. The lowest BCUT2D eigenvalue weighted by Gasteiger charge is -2.23. The first-order chi connectivity index (χ1) is 15.4. The summed E-state index contributed by atoms with van der Waals surface area (Å²) in [4.78, 5) is 27.3. The average Bonchev–Trinajstić information content (AvgIpc) is 3.33. The molecule has 1 atom stereocenters. The van der Waals surface area contributed by atoms with Gasteiger partial charge in [-0.3, -0.25) is 14.5 Å². The number of nitrogens with zero attached hydrogens (tertiary/aromatic N) is 3. The van der Waals surface area contributed by atoms with E-state index in [0.717, 1.165) is 17.8 Å². The number of rotatable bonds is 6. The topological polar surface area (TPSA) is 92.6 Å². The Morgan fingerprint density at radius 1 is 1.19 bits per heavy atom. The Balaban J connectivity index is 1.90. The highest BCUT2D eigenvalue weighted by Gasteiger charge is 2.48. The lowest BCUT2D eigenvalue weighted by Crippen LogP contribution is -2.29. The second-order valence-electron chi connectivity index (χ2n) is 7.20. The van der Waals surface area contributed by atoms with Gasteiger partial charge in [0.15, 0.2) is 0 Å². The van der Waals surface area contributed by atoms with Gasteiger partial charge in [-0.05, 0) is 55.3 Å². The number of anilines is 1. The first-order valence-corrected chi connectivity index (χ1v) is 10.8. The Kier molecular flexibility index (Phi) is 6.00. The first kappa shape index (κ1) is 21.6. The number of aromatic nitrogens is 2. The third-order valence-electron chi connectivity index (χ3n) is 4.93. The quantitative estimate of drug-likeness (QED) is 0.338. The van der Waals surface area contributed by atoms with Crippen molar-refractivity contribution in [3.63, 3.8) is 0 Å². The van der Waals surface area contributed by atoms with E-state index in [4.69, 9.17) is 4.74 Å². The van der Waals surface area contributed by atoms with E-state index in [2.05, 4.69) is 10.2 Å². The molecule has 1 aromatic heterocycles. The second-order valence-corrected chi connectivity index (χ2v) is 8.36. The van der Waals surface area contributed by atoms with E-state index in [1.165, 1.54) is 29.2 Å². The molecule has 1 amide bonds. The summed E-state index contributed by atoms with van der Waals surface area (Å²) >= 11 is 1.16. The molecule has 1 unspecified atom stereocenters. The Morgan fingerprint density at radius 3 is 2.59 bits per heavy atom. The van der Waals surface area contributed by atoms with E-state index in [-0.39, 0.29) is 16.3 Å². The second kappa shape index (κ2) is 8.88. The van der Waals surface area contributed by atoms with Crippen molar-refractivity contribution in [2.24, 2.45) is 0 Å². The van der Waals surface area contributed by atoms with Gasteiger partial charge >= 0.3 is 5.91 Å². The van der Waals surface area contributed by atoms with E-state index in [0.29, 0.717) is 22.9 Å². The number of aryl methyl sites for hydroxylation is 1. The number of carbonyl (C=O) groups excluding carboxylic acids is 2. The molecule has 164 valence electrons. The van der Waals surface area contributed by atoms with E-state index >= 15 is 0 Å². The smallest absolute Gasteiger partial charge is 0.301 e. The molecule has 0 aliphatic carbocycles. The van der Waals surface area contributed by atoms with Crippen molar-refractivity contribution in [1.82, 2.24) is 10.2 Å². The molecule has 1 fully saturated rings. The van der Waals surface area contributed by atoms with Crippen LogP contribution in [0.3, 0.4) is 0 Å².